The average Bonchev–Trinajstić information content (AvgIpc) is 2.95. The van der Waals surface area contributed by atoms with Gasteiger partial charge in [-0.3, -0.25) is 9.58 Å². The van der Waals surface area contributed by atoms with Gasteiger partial charge in [0.1, 0.15) is 5.52 Å². The molecule has 3 nitrogen and oxygen atoms in total. The van der Waals surface area contributed by atoms with E-state index in [1.54, 1.807) is 0 Å². The Morgan fingerprint density at radius 3 is 2.65 bits per heavy atom. The highest BCUT2D eigenvalue weighted by molar-refractivity contribution is 6.45. The van der Waals surface area contributed by atoms with E-state index in [1.807, 2.05) is 12.1 Å². The second kappa shape index (κ2) is 5.82. The number of aromatic nitrogens is 2. The third-order valence-electron chi connectivity index (χ3n) is 4.61. The van der Waals surface area contributed by atoms with Gasteiger partial charge in [-0.2, -0.15) is 5.10 Å². The van der Waals surface area contributed by atoms with Gasteiger partial charge in [0.25, 0.3) is 0 Å². The molecular weight excluding hydrogens is 329 g/mol. The van der Waals surface area contributed by atoms with Crippen LogP contribution in [0.2, 0.25) is 10.0 Å². The SMILES string of the molecule is CC1c2c3ccc(Cl)c(Cl)c3nn2CCN1Cc1ccccc1. The van der Waals surface area contributed by atoms with Crippen molar-refractivity contribution in [2.75, 3.05) is 6.54 Å². The van der Waals surface area contributed by atoms with Crippen molar-refractivity contribution < 1.29 is 0 Å². The molecule has 0 saturated heterocycles. The van der Waals surface area contributed by atoms with Crippen molar-refractivity contribution in [3.63, 3.8) is 0 Å². The first kappa shape index (κ1) is 15.0. The maximum atomic E-state index is 6.34. The maximum absolute atomic E-state index is 6.34. The third kappa shape index (κ3) is 2.53. The van der Waals surface area contributed by atoms with Crippen LogP contribution >= 0.6 is 23.2 Å². The minimum Gasteiger partial charge on any atom is -0.289 e. The standard InChI is InChI=1S/C18H17Cl2N3/c1-12-18-14-7-8-15(19)16(20)17(14)21-23(18)10-9-22(12)11-13-5-3-2-4-6-13/h2-8,12H,9-11H2,1H3. The first-order valence-corrected chi connectivity index (χ1v) is 8.53. The summed E-state index contributed by atoms with van der Waals surface area (Å²) < 4.78 is 2.08. The van der Waals surface area contributed by atoms with Crippen LogP contribution in [0.1, 0.15) is 24.2 Å². The number of benzene rings is 2. The van der Waals surface area contributed by atoms with Crippen LogP contribution in [0.25, 0.3) is 10.9 Å². The molecule has 23 heavy (non-hydrogen) atoms. The molecule has 118 valence electrons. The number of rotatable bonds is 2. The molecule has 0 radical (unpaired) electrons. The summed E-state index contributed by atoms with van der Waals surface area (Å²) in [4.78, 5) is 2.48. The van der Waals surface area contributed by atoms with E-state index < -0.39 is 0 Å². The summed E-state index contributed by atoms with van der Waals surface area (Å²) in [5.41, 5.74) is 3.36. The van der Waals surface area contributed by atoms with E-state index in [-0.39, 0.29) is 6.04 Å². The summed E-state index contributed by atoms with van der Waals surface area (Å²) in [5, 5.41) is 6.89. The van der Waals surface area contributed by atoms with E-state index >= 15 is 0 Å². The van der Waals surface area contributed by atoms with Crippen LogP contribution in [0.5, 0.6) is 0 Å². The maximum Gasteiger partial charge on any atom is 0.113 e. The summed E-state index contributed by atoms with van der Waals surface area (Å²) >= 11 is 12.5. The summed E-state index contributed by atoms with van der Waals surface area (Å²) in [7, 11) is 0. The lowest BCUT2D eigenvalue weighted by atomic mass is 10.1. The molecule has 2 aromatic carbocycles. The van der Waals surface area contributed by atoms with E-state index in [0.717, 1.165) is 30.5 Å². The first-order valence-electron chi connectivity index (χ1n) is 7.77. The number of hydrogen-bond donors (Lipinski definition) is 0. The second-order valence-electron chi connectivity index (χ2n) is 6.00. The van der Waals surface area contributed by atoms with Gasteiger partial charge in [0, 0.05) is 24.5 Å². The van der Waals surface area contributed by atoms with Crippen molar-refractivity contribution in [3.8, 4) is 0 Å². The molecule has 4 rings (SSSR count). The normalized spacial score (nSPS) is 18.3. The Balaban J connectivity index is 1.73. The molecule has 0 fully saturated rings. The molecule has 2 heterocycles. The molecule has 1 unspecified atom stereocenters. The summed E-state index contributed by atoms with van der Waals surface area (Å²) in [5.74, 6) is 0. The Hall–Kier alpha value is -1.55. The summed E-state index contributed by atoms with van der Waals surface area (Å²) in [6.07, 6.45) is 0. The smallest absolute Gasteiger partial charge is 0.113 e. The fourth-order valence-electron chi connectivity index (χ4n) is 3.39. The lowest BCUT2D eigenvalue weighted by Gasteiger charge is -2.34. The van der Waals surface area contributed by atoms with Gasteiger partial charge in [-0.15, -0.1) is 0 Å². The van der Waals surface area contributed by atoms with Crippen LogP contribution in [0, 0.1) is 0 Å². The second-order valence-corrected chi connectivity index (χ2v) is 6.78. The molecule has 3 aromatic rings. The number of hydrogen-bond acceptors (Lipinski definition) is 2. The van der Waals surface area contributed by atoms with Gasteiger partial charge in [-0.25, -0.2) is 0 Å². The molecule has 0 spiro atoms. The topological polar surface area (TPSA) is 21.1 Å². The van der Waals surface area contributed by atoms with Gasteiger partial charge in [-0.1, -0.05) is 53.5 Å². The molecular formula is C18H17Cl2N3. The molecule has 5 heteroatoms. The van der Waals surface area contributed by atoms with Gasteiger partial charge < -0.3 is 0 Å². The zero-order chi connectivity index (χ0) is 16.0. The Kier molecular flexibility index (Phi) is 3.80. The van der Waals surface area contributed by atoms with Gasteiger partial charge >= 0.3 is 0 Å². The average molecular weight is 346 g/mol. The molecule has 0 bridgehead atoms. The number of fused-ring (bicyclic) bond motifs is 3. The molecule has 1 atom stereocenters. The Morgan fingerprint density at radius 1 is 1.09 bits per heavy atom. The van der Waals surface area contributed by atoms with Crippen molar-refractivity contribution in [1.29, 1.82) is 0 Å². The minimum absolute atomic E-state index is 0.284. The third-order valence-corrected chi connectivity index (χ3v) is 5.41. The predicted molar refractivity (Wildman–Crippen MR) is 95.0 cm³/mol. The van der Waals surface area contributed by atoms with E-state index in [2.05, 4.69) is 51.9 Å². The van der Waals surface area contributed by atoms with E-state index in [4.69, 9.17) is 23.2 Å². The Morgan fingerprint density at radius 2 is 1.87 bits per heavy atom. The highest BCUT2D eigenvalue weighted by Crippen LogP contribution is 2.37. The fraction of sp³-hybridized carbons (Fsp3) is 0.278. The van der Waals surface area contributed by atoms with Crippen LogP contribution in [0.4, 0.5) is 0 Å². The van der Waals surface area contributed by atoms with Crippen molar-refractivity contribution >= 4 is 34.1 Å². The Bertz CT molecular complexity index is 858. The summed E-state index contributed by atoms with van der Waals surface area (Å²) in [6.45, 7) is 5.02. The number of halogens is 2. The van der Waals surface area contributed by atoms with Crippen molar-refractivity contribution in [2.24, 2.45) is 0 Å². The molecule has 0 amide bonds. The Labute approximate surface area is 145 Å². The van der Waals surface area contributed by atoms with Crippen LogP contribution < -0.4 is 0 Å². The van der Waals surface area contributed by atoms with Gasteiger partial charge in [-0.05, 0) is 24.6 Å². The van der Waals surface area contributed by atoms with Crippen molar-refractivity contribution in [1.82, 2.24) is 14.7 Å². The first-order chi connectivity index (χ1) is 11.1. The zero-order valence-electron chi connectivity index (χ0n) is 12.8. The number of nitrogens with zero attached hydrogens (tertiary/aromatic N) is 3. The minimum atomic E-state index is 0.284. The van der Waals surface area contributed by atoms with Gasteiger partial charge in [0.15, 0.2) is 0 Å². The van der Waals surface area contributed by atoms with Crippen LogP contribution in [0.15, 0.2) is 42.5 Å². The quantitative estimate of drug-likeness (QED) is 0.657. The van der Waals surface area contributed by atoms with Gasteiger partial charge in [0.2, 0.25) is 0 Å². The fourth-order valence-corrected chi connectivity index (χ4v) is 3.75. The van der Waals surface area contributed by atoms with E-state index in [0.29, 0.717) is 10.0 Å². The van der Waals surface area contributed by atoms with Crippen molar-refractivity contribution in [3.05, 3.63) is 63.8 Å². The molecule has 1 aliphatic heterocycles. The summed E-state index contributed by atoms with van der Waals surface area (Å²) in [6, 6.07) is 14.8. The monoisotopic (exact) mass is 345 g/mol. The molecule has 1 aromatic heterocycles. The highest BCUT2D eigenvalue weighted by atomic mass is 35.5. The van der Waals surface area contributed by atoms with Crippen molar-refractivity contribution in [2.45, 2.75) is 26.1 Å². The zero-order valence-corrected chi connectivity index (χ0v) is 14.3. The van der Waals surface area contributed by atoms with Crippen LogP contribution in [0.3, 0.4) is 0 Å². The molecule has 0 aliphatic carbocycles. The molecule has 1 aliphatic rings. The van der Waals surface area contributed by atoms with Crippen LogP contribution in [-0.4, -0.2) is 21.2 Å². The van der Waals surface area contributed by atoms with E-state index in [1.165, 1.54) is 11.3 Å². The van der Waals surface area contributed by atoms with Gasteiger partial charge in [0.05, 0.1) is 22.3 Å². The lowest BCUT2D eigenvalue weighted by Crippen LogP contribution is -2.36. The predicted octanol–water partition coefficient (Wildman–Crippen LogP) is 4.92. The molecule has 0 saturated carbocycles. The van der Waals surface area contributed by atoms with Crippen LogP contribution in [-0.2, 0) is 13.1 Å². The largest absolute Gasteiger partial charge is 0.289 e. The highest BCUT2D eigenvalue weighted by Gasteiger charge is 2.28. The molecule has 0 N–H and O–H groups in total. The van der Waals surface area contributed by atoms with E-state index in [9.17, 15) is 0 Å². The lowest BCUT2D eigenvalue weighted by molar-refractivity contribution is 0.156.